The second-order valence-electron chi connectivity index (χ2n) is 7.19. The van der Waals surface area contributed by atoms with Gasteiger partial charge in [0.1, 0.15) is 5.82 Å². The van der Waals surface area contributed by atoms with Crippen molar-refractivity contribution in [2.75, 3.05) is 4.90 Å². The first-order chi connectivity index (χ1) is 9.70. The van der Waals surface area contributed by atoms with Gasteiger partial charge in [0.25, 0.3) is 0 Å². The van der Waals surface area contributed by atoms with E-state index in [9.17, 15) is 9.90 Å². The monoisotopic (exact) mass is 290 g/mol. The molecule has 1 saturated heterocycles. The Morgan fingerprint density at radius 2 is 1.81 bits per heavy atom. The number of carbonyl (C=O) groups is 1. The zero-order valence-corrected chi connectivity index (χ0v) is 13.7. The molecule has 1 aromatic heterocycles. The number of nitrogens with zero attached hydrogens (tertiary/aromatic N) is 2. The molecule has 2 heterocycles. The third-order valence-electron chi connectivity index (χ3n) is 4.29. The third-order valence-corrected chi connectivity index (χ3v) is 4.29. The maximum absolute atomic E-state index is 11.4. The molecule has 1 fully saturated rings. The van der Waals surface area contributed by atoms with Gasteiger partial charge < -0.3 is 10.0 Å². The quantitative estimate of drug-likeness (QED) is 0.899. The van der Waals surface area contributed by atoms with Crippen molar-refractivity contribution in [2.45, 2.75) is 71.4 Å². The highest BCUT2D eigenvalue weighted by Gasteiger charge is 2.28. The molecule has 0 aromatic carbocycles. The summed E-state index contributed by atoms with van der Waals surface area (Å²) in [7, 11) is 0. The zero-order valence-electron chi connectivity index (χ0n) is 13.7. The lowest BCUT2D eigenvalue weighted by molar-refractivity contribution is 0.0696. The molecule has 2 atom stereocenters. The van der Waals surface area contributed by atoms with Crippen LogP contribution in [0.3, 0.4) is 0 Å². The minimum atomic E-state index is -0.888. The number of rotatable bonds is 2. The molecule has 4 heteroatoms. The molecule has 116 valence electrons. The molecule has 2 unspecified atom stereocenters. The first-order valence-electron chi connectivity index (χ1n) is 7.74. The molecule has 1 aliphatic rings. The van der Waals surface area contributed by atoms with Crippen LogP contribution in [0.2, 0.25) is 0 Å². The molecule has 1 aliphatic heterocycles. The van der Waals surface area contributed by atoms with Crippen molar-refractivity contribution in [3.63, 3.8) is 0 Å². The number of anilines is 1. The van der Waals surface area contributed by atoms with Crippen molar-refractivity contribution >= 4 is 11.8 Å². The van der Waals surface area contributed by atoms with Crippen molar-refractivity contribution < 1.29 is 9.90 Å². The summed E-state index contributed by atoms with van der Waals surface area (Å²) in [5.74, 6) is -0.0824. The van der Waals surface area contributed by atoms with E-state index in [1.165, 1.54) is 6.42 Å². The standard InChI is InChI=1S/C17H26N2O2/c1-11-7-6-8-12(2)19(11)15-10-13(16(20)21)9-14(18-15)17(3,4)5/h9-12H,6-8H2,1-5H3,(H,20,21). The van der Waals surface area contributed by atoms with Crippen molar-refractivity contribution in [3.05, 3.63) is 23.4 Å². The van der Waals surface area contributed by atoms with Gasteiger partial charge in [-0.25, -0.2) is 9.78 Å². The summed E-state index contributed by atoms with van der Waals surface area (Å²) in [6.45, 7) is 10.6. The predicted octanol–water partition coefficient (Wildman–Crippen LogP) is 3.84. The van der Waals surface area contributed by atoms with Crippen LogP contribution in [0, 0.1) is 0 Å². The number of hydrogen-bond acceptors (Lipinski definition) is 3. The summed E-state index contributed by atoms with van der Waals surface area (Å²) >= 11 is 0. The molecule has 21 heavy (non-hydrogen) atoms. The van der Waals surface area contributed by atoms with Crippen LogP contribution in [0.5, 0.6) is 0 Å². The van der Waals surface area contributed by atoms with E-state index in [-0.39, 0.29) is 5.41 Å². The number of aromatic carboxylic acids is 1. The summed E-state index contributed by atoms with van der Waals surface area (Å²) in [6.07, 6.45) is 3.49. The normalized spacial score (nSPS) is 23.2. The fourth-order valence-corrected chi connectivity index (χ4v) is 3.03. The van der Waals surface area contributed by atoms with Gasteiger partial charge in [-0.3, -0.25) is 0 Å². The van der Waals surface area contributed by atoms with E-state index in [2.05, 4.69) is 39.5 Å². The van der Waals surface area contributed by atoms with Gasteiger partial charge in [-0.05, 0) is 45.2 Å². The molecular formula is C17H26N2O2. The van der Waals surface area contributed by atoms with E-state index in [1.54, 1.807) is 12.1 Å². The first kappa shape index (κ1) is 15.8. The highest BCUT2D eigenvalue weighted by molar-refractivity contribution is 5.88. The lowest BCUT2D eigenvalue weighted by Gasteiger charge is -2.40. The lowest BCUT2D eigenvalue weighted by Crippen LogP contribution is -2.44. The summed E-state index contributed by atoms with van der Waals surface area (Å²) in [5.41, 5.74) is 1.000. The zero-order chi connectivity index (χ0) is 15.8. The summed E-state index contributed by atoms with van der Waals surface area (Å²) < 4.78 is 0. The lowest BCUT2D eigenvalue weighted by atomic mass is 9.90. The van der Waals surface area contributed by atoms with E-state index < -0.39 is 5.97 Å². The fraction of sp³-hybridized carbons (Fsp3) is 0.647. The number of carboxylic acid groups (broad SMARTS) is 1. The predicted molar refractivity (Wildman–Crippen MR) is 85.2 cm³/mol. The van der Waals surface area contributed by atoms with Gasteiger partial charge in [0.15, 0.2) is 0 Å². The Bertz CT molecular complexity index is 524. The van der Waals surface area contributed by atoms with E-state index >= 15 is 0 Å². The van der Waals surface area contributed by atoms with Crippen LogP contribution in [-0.4, -0.2) is 28.1 Å². The molecule has 1 aromatic rings. The highest BCUT2D eigenvalue weighted by atomic mass is 16.4. The average Bonchev–Trinajstić information content (AvgIpc) is 2.37. The minimum Gasteiger partial charge on any atom is -0.478 e. The van der Waals surface area contributed by atoms with Gasteiger partial charge in [-0.15, -0.1) is 0 Å². The number of hydrogen-bond donors (Lipinski definition) is 1. The van der Waals surface area contributed by atoms with Crippen LogP contribution in [0.1, 0.15) is 69.9 Å². The van der Waals surface area contributed by atoms with Crippen LogP contribution in [0.4, 0.5) is 5.82 Å². The van der Waals surface area contributed by atoms with Gasteiger partial charge >= 0.3 is 5.97 Å². The van der Waals surface area contributed by atoms with E-state index in [1.807, 2.05) is 0 Å². The number of piperidine rings is 1. The number of aromatic nitrogens is 1. The third kappa shape index (κ3) is 3.36. The molecule has 0 aliphatic carbocycles. The Morgan fingerprint density at radius 3 is 2.29 bits per heavy atom. The second-order valence-corrected chi connectivity index (χ2v) is 7.19. The molecule has 0 spiro atoms. The molecule has 4 nitrogen and oxygen atoms in total. The Balaban J connectivity index is 2.51. The van der Waals surface area contributed by atoms with Crippen LogP contribution < -0.4 is 4.90 Å². The van der Waals surface area contributed by atoms with Gasteiger partial charge in [0.05, 0.1) is 5.56 Å². The molecule has 0 amide bonds. The second kappa shape index (κ2) is 5.66. The molecule has 1 N–H and O–H groups in total. The molecule has 0 saturated carbocycles. The van der Waals surface area contributed by atoms with Crippen molar-refractivity contribution in [1.29, 1.82) is 0 Å². The average molecular weight is 290 g/mol. The van der Waals surface area contributed by atoms with Crippen LogP contribution in [-0.2, 0) is 5.41 Å². The highest BCUT2D eigenvalue weighted by Crippen LogP contribution is 2.31. The Kier molecular flexibility index (Phi) is 4.26. The largest absolute Gasteiger partial charge is 0.478 e. The maximum atomic E-state index is 11.4. The SMILES string of the molecule is CC1CCCC(C)N1c1cc(C(=O)O)cc(C(C)(C)C)n1. The van der Waals surface area contributed by atoms with Gasteiger partial charge in [0, 0.05) is 23.2 Å². The van der Waals surface area contributed by atoms with Crippen LogP contribution in [0.25, 0.3) is 0 Å². The molecule has 0 radical (unpaired) electrons. The van der Waals surface area contributed by atoms with Crippen LogP contribution >= 0.6 is 0 Å². The first-order valence-corrected chi connectivity index (χ1v) is 7.74. The van der Waals surface area contributed by atoms with Crippen molar-refractivity contribution in [3.8, 4) is 0 Å². The molecule has 2 rings (SSSR count). The Morgan fingerprint density at radius 1 is 1.24 bits per heavy atom. The molecular weight excluding hydrogens is 264 g/mol. The summed E-state index contributed by atoms with van der Waals surface area (Å²) in [4.78, 5) is 18.5. The van der Waals surface area contributed by atoms with Crippen LogP contribution in [0.15, 0.2) is 12.1 Å². The van der Waals surface area contributed by atoms with E-state index in [4.69, 9.17) is 4.98 Å². The topological polar surface area (TPSA) is 53.4 Å². The maximum Gasteiger partial charge on any atom is 0.335 e. The van der Waals surface area contributed by atoms with Gasteiger partial charge in [-0.1, -0.05) is 20.8 Å². The van der Waals surface area contributed by atoms with E-state index in [0.29, 0.717) is 17.6 Å². The van der Waals surface area contributed by atoms with E-state index in [0.717, 1.165) is 24.4 Å². The summed E-state index contributed by atoms with van der Waals surface area (Å²) in [6, 6.07) is 4.22. The Labute approximate surface area is 127 Å². The number of carboxylic acids is 1. The van der Waals surface area contributed by atoms with Crippen molar-refractivity contribution in [2.24, 2.45) is 0 Å². The van der Waals surface area contributed by atoms with Crippen molar-refractivity contribution in [1.82, 2.24) is 4.98 Å². The number of pyridine rings is 1. The fourth-order valence-electron chi connectivity index (χ4n) is 3.03. The molecule has 0 bridgehead atoms. The smallest absolute Gasteiger partial charge is 0.335 e. The Hall–Kier alpha value is -1.58. The summed E-state index contributed by atoms with van der Waals surface area (Å²) in [5, 5.41) is 9.38. The van der Waals surface area contributed by atoms with Gasteiger partial charge in [0.2, 0.25) is 0 Å². The van der Waals surface area contributed by atoms with Gasteiger partial charge in [-0.2, -0.15) is 0 Å². The minimum absolute atomic E-state index is 0.164.